The van der Waals surface area contributed by atoms with E-state index in [1.165, 1.54) is 16.2 Å². The number of hydrogen-bond donors (Lipinski definition) is 3. The molecule has 4 atom stereocenters. The van der Waals surface area contributed by atoms with E-state index >= 15 is 0 Å². The van der Waals surface area contributed by atoms with E-state index in [-0.39, 0.29) is 30.4 Å². The Morgan fingerprint density at radius 3 is 2.94 bits per heavy atom. The van der Waals surface area contributed by atoms with Crippen molar-refractivity contribution in [1.29, 1.82) is 5.26 Å². The number of tetrazole rings is 1. The summed E-state index contributed by atoms with van der Waals surface area (Å²) in [5.74, 6) is 0.926. The molecule has 12 heteroatoms. The zero-order valence-electron chi connectivity index (χ0n) is 19.8. The first kappa shape index (κ1) is 23.3. The summed E-state index contributed by atoms with van der Waals surface area (Å²) in [5, 5.41) is 33.0. The van der Waals surface area contributed by atoms with E-state index in [2.05, 4.69) is 48.8 Å². The standard InChI is InChI=1S/C24H26N8O2S2/c1-26-22(34)20-10-16-19(36-20)3-2-18-15(4-7-35-18)24(16,23-28-30-31-29-23)5-6-27-12-21(33)32-14(11-25)8-13-9-17(13)32/h4,7,10,13-14,17,27H,2-3,5-6,8-9,12H2,1H3,(H,26,34)(H,28,29,30,31)/t13-,14?,17+,24?/m1/s1. The Balaban J connectivity index is 1.30. The lowest BCUT2D eigenvalue weighted by atomic mass is 9.72. The van der Waals surface area contributed by atoms with E-state index in [9.17, 15) is 14.9 Å². The van der Waals surface area contributed by atoms with Crippen molar-refractivity contribution in [2.24, 2.45) is 5.92 Å². The predicted octanol–water partition coefficient (Wildman–Crippen LogP) is 1.61. The second kappa shape index (κ2) is 9.06. The quantitative estimate of drug-likeness (QED) is 0.401. The van der Waals surface area contributed by atoms with Crippen LogP contribution in [-0.2, 0) is 23.1 Å². The van der Waals surface area contributed by atoms with Gasteiger partial charge in [0.1, 0.15) is 6.04 Å². The third-order valence-electron chi connectivity index (χ3n) is 7.73. The van der Waals surface area contributed by atoms with Gasteiger partial charge >= 0.3 is 0 Å². The molecule has 36 heavy (non-hydrogen) atoms. The number of hydrogen-bond acceptors (Lipinski definition) is 9. The van der Waals surface area contributed by atoms with Crippen LogP contribution < -0.4 is 10.6 Å². The Labute approximate surface area is 216 Å². The van der Waals surface area contributed by atoms with Crippen LogP contribution in [0.25, 0.3) is 0 Å². The van der Waals surface area contributed by atoms with Crippen molar-refractivity contribution in [3.05, 3.63) is 49.1 Å². The number of aryl methyl sites for hydroxylation is 2. The van der Waals surface area contributed by atoms with Crippen molar-refractivity contribution in [3.8, 4) is 6.07 Å². The molecule has 2 amide bonds. The smallest absolute Gasteiger partial charge is 0.261 e. The minimum Gasteiger partial charge on any atom is -0.354 e. The molecule has 4 heterocycles. The molecule has 10 nitrogen and oxygen atoms in total. The molecular formula is C24H26N8O2S2. The molecule has 1 saturated carbocycles. The van der Waals surface area contributed by atoms with Gasteiger partial charge in [0.2, 0.25) is 5.91 Å². The Morgan fingerprint density at radius 1 is 1.31 bits per heavy atom. The molecule has 2 aliphatic carbocycles. The normalized spacial score (nSPS) is 25.9. The molecule has 3 N–H and O–H groups in total. The topological polar surface area (TPSA) is 140 Å². The van der Waals surface area contributed by atoms with Gasteiger partial charge in [0.05, 0.1) is 22.9 Å². The van der Waals surface area contributed by atoms with Crippen LogP contribution >= 0.6 is 22.7 Å². The molecule has 3 aromatic rings. The van der Waals surface area contributed by atoms with Crippen molar-refractivity contribution >= 4 is 34.5 Å². The fraction of sp³-hybridized carbons (Fsp3) is 0.500. The number of carbonyl (C=O) groups excluding carboxylic acids is 2. The van der Waals surface area contributed by atoms with Crippen LogP contribution in [0.3, 0.4) is 0 Å². The van der Waals surface area contributed by atoms with Gasteiger partial charge in [0.15, 0.2) is 5.82 Å². The summed E-state index contributed by atoms with van der Waals surface area (Å²) in [5.41, 5.74) is 1.46. The highest BCUT2D eigenvalue weighted by Crippen LogP contribution is 2.49. The molecule has 1 saturated heterocycles. The van der Waals surface area contributed by atoms with Crippen LogP contribution in [0.15, 0.2) is 17.5 Å². The molecule has 0 radical (unpaired) electrons. The van der Waals surface area contributed by atoms with Gasteiger partial charge in [-0.3, -0.25) is 9.59 Å². The van der Waals surface area contributed by atoms with E-state index in [4.69, 9.17) is 0 Å². The maximum absolute atomic E-state index is 13.0. The summed E-state index contributed by atoms with van der Waals surface area (Å²) >= 11 is 3.24. The number of aromatic amines is 1. The van der Waals surface area contributed by atoms with Crippen LogP contribution in [-0.4, -0.2) is 69.6 Å². The van der Waals surface area contributed by atoms with Gasteiger partial charge in [-0.2, -0.15) is 10.5 Å². The van der Waals surface area contributed by atoms with E-state index < -0.39 is 5.41 Å². The average molecular weight is 523 g/mol. The highest BCUT2D eigenvalue weighted by Gasteiger charge is 2.54. The average Bonchev–Trinajstić information content (AvgIpc) is 3.41. The van der Waals surface area contributed by atoms with Gasteiger partial charge in [-0.15, -0.1) is 32.9 Å². The van der Waals surface area contributed by atoms with Gasteiger partial charge in [-0.05, 0) is 73.2 Å². The van der Waals surface area contributed by atoms with E-state index in [1.54, 1.807) is 23.3 Å². The number of amides is 2. The number of piperidine rings is 1. The van der Waals surface area contributed by atoms with Crippen LogP contribution in [0.1, 0.15) is 55.6 Å². The van der Waals surface area contributed by atoms with Crippen molar-refractivity contribution in [1.82, 2.24) is 36.2 Å². The fourth-order valence-electron chi connectivity index (χ4n) is 5.96. The zero-order chi connectivity index (χ0) is 24.9. The van der Waals surface area contributed by atoms with E-state index in [0.717, 1.165) is 41.7 Å². The van der Waals surface area contributed by atoms with Gasteiger partial charge in [0.25, 0.3) is 5.91 Å². The third-order valence-corrected chi connectivity index (χ3v) is 9.90. The Kier molecular flexibility index (Phi) is 5.86. The summed E-state index contributed by atoms with van der Waals surface area (Å²) in [6.45, 7) is 0.708. The first-order valence-electron chi connectivity index (χ1n) is 12.1. The Morgan fingerprint density at radius 2 is 2.17 bits per heavy atom. The van der Waals surface area contributed by atoms with Crippen molar-refractivity contribution in [2.45, 2.75) is 49.6 Å². The van der Waals surface area contributed by atoms with Crippen LogP contribution in [0, 0.1) is 17.2 Å². The van der Waals surface area contributed by atoms with Gasteiger partial charge in [-0.25, -0.2) is 0 Å². The fourth-order valence-corrected chi connectivity index (χ4v) is 8.10. The first-order chi connectivity index (χ1) is 17.6. The maximum atomic E-state index is 13.0. The number of rotatable bonds is 7. The zero-order valence-corrected chi connectivity index (χ0v) is 21.4. The van der Waals surface area contributed by atoms with Crippen LogP contribution in [0.2, 0.25) is 0 Å². The number of likely N-dealkylation sites (tertiary alicyclic amines) is 1. The number of aromatic nitrogens is 4. The Bertz CT molecular complexity index is 1340. The number of nitriles is 1. The lowest BCUT2D eigenvalue weighted by molar-refractivity contribution is -0.131. The Hall–Kier alpha value is -3.14. The predicted molar refractivity (Wildman–Crippen MR) is 134 cm³/mol. The van der Waals surface area contributed by atoms with Gasteiger partial charge in [-0.1, -0.05) is 5.21 Å². The maximum Gasteiger partial charge on any atom is 0.261 e. The van der Waals surface area contributed by atoms with E-state index in [1.807, 2.05) is 6.07 Å². The molecule has 3 aromatic heterocycles. The molecule has 0 bridgehead atoms. The summed E-state index contributed by atoms with van der Waals surface area (Å²) in [7, 11) is 1.64. The lowest BCUT2D eigenvalue weighted by Crippen LogP contribution is -2.44. The number of nitrogens with zero attached hydrogens (tertiary/aromatic N) is 5. The number of nitrogens with one attached hydrogen (secondary N) is 3. The van der Waals surface area contributed by atoms with Crippen molar-refractivity contribution in [2.75, 3.05) is 20.1 Å². The van der Waals surface area contributed by atoms with Gasteiger partial charge in [0, 0.05) is 22.8 Å². The number of H-pyrrole nitrogens is 1. The first-order valence-corrected chi connectivity index (χ1v) is 13.8. The molecule has 1 aliphatic heterocycles. The van der Waals surface area contributed by atoms with E-state index in [0.29, 0.717) is 29.6 Å². The third kappa shape index (κ3) is 3.65. The summed E-state index contributed by atoms with van der Waals surface area (Å²) in [4.78, 5) is 30.3. The summed E-state index contributed by atoms with van der Waals surface area (Å²) in [6.07, 6.45) is 4.12. The minimum absolute atomic E-state index is 0.0182. The molecular weight excluding hydrogens is 496 g/mol. The SMILES string of the molecule is CNC(=O)c1cc2c(s1)CCc1sccc1C2(CCNCC(=O)N1C(C#N)C[C@@H]2C[C@@H]21)c1nn[nH]n1. The molecule has 186 valence electrons. The largest absolute Gasteiger partial charge is 0.354 e. The highest BCUT2D eigenvalue weighted by molar-refractivity contribution is 7.14. The number of fused-ring (bicyclic) bond motifs is 3. The van der Waals surface area contributed by atoms with Crippen LogP contribution in [0.5, 0.6) is 0 Å². The second-order valence-corrected chi connectivity index (χ2v) is 11.7. The number of carbonyl (C=O) groups is 2. The van der Waals surface area contributed by atoms with Crippen molar-refractivity contribution < 1.29 is 9.59 Å². The second-order valence-electron chi connectivity index (χ2n) is 9.60. The molecule has 0 spiro atoms. The molecule has 6 rings (SSSR count). The summed E-state index contributed by atoms with van der Waals surface area (Å²) < 4.78 is 0. The number of thiophene rings is 2. The molecule has 2 fully saturated rings. The lowest BCUT2D eigenvalue weighted by Gasteiger charge is -2.31. The highest BCUT2D eigenvalue weighted by atomic mass is 32.1. The van der Waals surface area contributed by atoms with Crippen LogP contribution in [0.4, 0.5) is 0 Å². The molecule has 3 aliphatic rings. The summed E-state index contributed by atoms with van der Waals surface area (Å²) in [6, 6.07) is 6.32. The molecule has 2 unspecified atom stereocenters. The minimum atomic E-state index is -0.697. The molecule has 0 aromatic carbocycles. The van der Waals surface area contributed by atoms with Crippen molar-refractivity contribution in [3.63, 3.8) is 0 Å². The van der Waals surface area contributed by atoms with Gasteiger partial charge < -0.3 is 15.5 Å². The monoisotopic (exact) mass is 522 g/mol.